The van der Waals surface area contributed by atoms with Crippen LogP contribution < -0.4 is 0 Å². The van der Waals surface area contributed by atoms with Crippen molar-refractivity contribution >= 4 is 15.8 Å². The normalized spacial score (nSPS) is 16.2. The molecular weight excluding hydrogens is 278 g/mol. The Morgan fingerprint density at radius 3 is 1.05 bits per heavy atom. The van der Waals surface area contributed by atoms with E-state index in [0.29, 0.717) is 10.3 Å². The van der Waals surface area contributed by atoms with Gasteiger partial charge in [-0.1, -0.05) is 68.2 Å². The van der Waals surface area contributed by atoms with Crippen LogP contribution in [0.15, 0.2) is 0 Å². The maximum atomic E-state index is 2.47. The van der Waals surface area contributed by atoms with E-state index in [2.05, 4.69) is 55.4 Å². The third-order valence-electron chi connectivity index (χ3n) is 4.10. The molecule has 2 heteroatoms. The molecule has 0 radical (unpaired) electrons. The Morgan fingerprint density at radius 2 is 0.850 bits per heavy atom. The molecule has 0 heterocycles. The van der Waals surface area contributed by atoms with E-state index in [1.165, 1.54) is 50.3 Å². The molecule has 0 amide bonds. The largest absolute Gasteiger partial charge is 0.101 e. The van der Waals surface area contributed by atoms with Crippen LogP contribution in [0.3, 0.4) is 0 Å². The summed E-state index contributed by atoms with van der Waals surface area (Å²) in [6, 6.07) is 0. The summed E-state index contributed by atoms with van der Waals surface area (Å²) in [7, 11) is 0.428. The zero-order chi connectivity index (χ0) is 15.8. The van der Waals surface area contributed by atoms with Gasteiger partial charge >= 0.3 is 0 Å². The molecule has 0 aliphatic carbocycles. The second-order valence-electron chi connectivity index (χ2n) is 8.02. The smallest absolute Gasteiger partial charge is 0.0179 e. The van der Waals surface area contributed by atoms with Crippen LogP contribution in [0.1, 0.15) is 81.1 Å². The molecular formula is C18H40P2. The highest BCUT2D eigenvalue weighted by atomic mass is 31.1. The second-order valence-corrected chi connectivity index (χ2v) is 14.7. The molecule has 0 N–H and O–H groups in total. The maximum Gasteiger partial charge on any atom is -0.0179 e. The molecule has 0 aliphatic rings. The van der Waals surface area contributed by atoms with Gasteiger partial charge in [0.25, 0.3) is 0 Å². The van der Waals surface area contributed by atoms with Crippen molar-refractivity contribution in [1.82, 2.24) is 0 Å². The van der Waals surface area contributed by atoms with E-state index in [1.54, 1.807) is 0 Å². The lowest BCUT2D eigenvalue weighted by Crippen LogP contribution is -2.20. The molecule has 0 saturated carbocycles. The van der Waals surface area contributed by atoms with Crippen molar-refractivity contribution in [3.8, 4) is 0 Å². The zero-order valence-electron chi connectivity index (χ0n) is 15.6. The minimum absolute atomic E-state index is 0.214. The number of unbranched alkanes of at least 4 members (excludes halogenated alkanes) is 2. The maximum absolute atomic E-state index is 2.47. The van der Waals surface area contributed by atoms with Gasteiger partial charge in [-0.05, 0) is 47.8 Å². The van der Waals surface area contributed by atoms with Crippen LogP contribution in [0, 0.1) is 0 Å². The van der Waals surface area contributed by atoms with Gasteiger partial charge in [0.15, 0.2) is 0 Å². The van der Waals surface area contributed by atoms with E-state index in [0.717, 1.165) is 0 Å². The van der Waals surface area contributed by atoms with Gasteiger partial charge in [-0.2, -0.15) is 0 Å². The molecule has 0 bridgehead atoms. The van der Waals surface area contributed by atoms with Crippen LogP contribution in [0.25, 0.3) is 0 Å². The topological polar surface area (TPSA) is 0 Å². The van der Waals surface area contributed by atoms with Crippen molar-refractivity contribution in [1.29, 1.82) is 0 Å². The Balaban J connectivity index is 4.53. The monoisotopic (exact) mass is 318 g/mol. The second kappa shape index (κ2) is 9.79. The van der Waals surface area contributed by atoms with Gasteiger partial charge in [0.05, 0.1) is 0 Å². The van der Waals surface area contributed by atoms with Gasteiger partial charge in [0.2, 0.25) is 0 Å². The SMILES string of the molecule is CCCCP(CCP(CCCC)C(C)(C)C)C(C)(C)C. The average molecular weight is 318 g/mol. The molecule has 2 atom stereocenters. The van der Waals surface area contributed by atoms with Crippen molar-refractivity contribution in [3.05, 3.63) is 0 Å². The highest BCUT2D eigenvalue weighted by molar-refractivity contribution is 7.63. The summed E-state index contributed by atoms with van der Waals surface area (Å²) in [5.41, 5.74) is 0. The van der Waals surface area contributed by atoms with Crippen LogP contribution >= 0.6 is 15.8 Å². The Kier molecular flexibility index (Phi) is 10.2. The van der Waals surface area contributed by atoms with Gasteiger partial charge in [-0.3, -0.25) is 0 Å². The summed E-state index contributed by atoms with van der Waals surface area (Å²) in [4.78, 5) is 0. The van der Waals surface area contributed by atoms with E-state index < -0.39 is 0 Å². The molecule has 0 aromatic heterocycles. The summed E-state index contributed by atoms with van der Waals surface area (Å²) >= 11 is 0. The van der Waals surface area contributed by atoms with Crippen LogP contribution in [-0.2, 0) is 0 Å². The third-order valence-corrected chi connectivity index (χ3v) is 11.5. The van der Waals surface area contributed by atoms with E-state index in [4.69, 9.17) is 0 Å². The number of hydrogen-bond acceptors (Lipinski definition) is 0. The van der Waals surface area contributed by atoms with E-state index >= 15 is 0 Å². The molecule has 20 heavy (non-hydrogen) atoms. The molecule has 0 nitrogen and oxygen atoms in total. The average Bonchev–Trinajstić information content (AvgIpc) is 2.29. The van der Waals surface area contributed by atoms with Gasteiger partial charge < -0.3 is 0 Å². The molecule has 0 fully saturated rings. The predicted octanol–water partition coefficient (Wildman–Crippen LogP) is 7.15. The fourth-order valence-corrected chi connectivity index (χ4v) is 8.96. The van der Waals surface area contributed by atoms with E-state index in [-0.39, 0.29) is 15.8 Å². The summed E-state index contributed by atoms with van der Waals surface area (Å²) < 4.78 is 0. The van der Waals surface area contributed by atoms with Crippen LogP contribution in [0.5, 0.6) is 0 Å². The quantitative estimate of drug-likeness (QED) is 0.396. The fourth-order valence-electron chi connectivity index (χ4n) is 2.50. The number of hydrogen-bond donors (Lipinski definition) is 0. The summed E-state index contributed by atoms with van der Waals surface area (Å²) in [5, 5.41) is 1.10. The lowest BCUT2D eigenvalue weighted by Gasteiger charge is -2.36. The van der Waals surface area contributed by atoms with Crippen LogP contribution in [0.4, 0.5) is 0 Å². The van der Waals surface area contributed by atoms with E-state index in [1.807, 2.05) is 0 Å². The van der Waals surface area contributed by atoms with Crippen molar-refractivity contribution in [2.45, 2.75) is 91.4 Å². The minimum Gasteiger partial charge on any atom is -0.101 e. The van der Waals surface area contributed by atoms with E-state index in [9.17, 15) is 0 Å². The molecule has 0 rings (SSSR count). The van der Waals surface area contributed by atoms with Gasteiger partial charge in [0.1, 0.15) is 0 Å². The summed E-state index contributed by atoms with van der Waals surface area (Å²) in [6.45, 7) is 19.5. The highest BCUT2D eigenvalue weighted by Crippen LogP contribution is 2.56. The van der Waals surface area contributed by atoms with Crippen molar-refractivity contribution in [2.24, 2.45) is 0 Å². The molecule has 0 aromatic carbocycles. The van der Waals surface area contributed by atoms with Crippen molar-refractivity contribution in [3.63, 3.8) is 0 Å². The molecule has 0 aliphatic heterocycles. The van der Waals surface area contributed by atoms with Gasteiger partial charge in [-0.25, -0.2) is 0 Å². The minimum atomic E-state index is 0.214. The Labute approximate surface area is 132 Å². The zero-order valence-corrected chi connectivity index (χ0v) is 17.3. The Morgan fingerprint density at radius 1 is 0.550 bits per heavy atom. The Bertz CT molecular complexity index is 209. The van der Waals surface area contributed by atoms with Gasteiger partial charge in [-0.15, -0.1) is 15.8 Å². The van der Waals surface area contributed by atoms with Gasteiger partial charge in [0, 0.05) is 0 Å². The van der Waals surface area contributed by atoms with Crippen molar-refractivity contribution < 1.29 is 0 Å². The summed E-state index contributed by atoms with van der Waals surface area (Å²) in [5.74, 6) is 0. The Hall–Kier alpha value is 0.860. The summed E-state index contributed by atoms with van der Waals surface area (Å²) in [6.07, 6.45) is 11.6. The van der Waals surface area contributed by atoms with Crippen LogP contribution in [-0.4, -0.2) is 35.0 Å². The number of rotatable bonds is 9. The molecule has 2 unspecified atom stereocenters. The van der Waals surface area contributed by atoms with Crippen LogP contribution in [0.2, 0.25) is 0 Å². The first-order chi connectivity index (χ1) is 9.12. The molecule has 122 valence electrons. The first-order valence-corrected chi connectivity index (χ1v) is 12.1. The molecule has 0 spiro atoms. The predicted molar refractivity (Wildman–Crippen MR) is 103 cm³/mol. The fraction of sp³-hybridized carbons (Fsp3) is 1.00. The lowest BCUT2D eigenvalue weighted by atomic mass is 10.3. The van der Waals surface area contributed by atoms with Crippen molar-refractivity contribution in [2.75, 3.05) is 24.6 Å². The standard InChI is InChI=1S/C18H40P2/c1-9-11-13-19(17(3,4)5)15-16-20(14-12-10-2)18(6,7)8/h9-16H2,1-8H3. The first-order valence-electron chi connectivity index (χ1n) is 8.63. The third kappa shape index (κ3) is 9.00. The highest BCUT2D eigenvalue weighted by Gasteiger charge is 2.27. The molecule has 0 saturated heterocycles. The molecule has 0 aromatic rings. The first kappa shape index (κ1) is 20.9. The lowest BCUT2D eigenvalue weighted by molar-refractivity contribution is 0.761.